The summed E-state index contributed by atoms with van der Waals surface area (Å²) in [5.41, 5.74) is 1.35. The van der Waals surface area contributed by atoms with E-state index in [0.717, 1.165) is 11.7 Å². The highest BCUT2D eigenvalue weighted by Gasteiger charge is 2.06. The first-order valence-corrected chi connectivity index (χ1v) is 7.18. The minimum absolute atomic E-state index is 0.754. The summed E-state index contributed by atoms with van der Waals surface area (Å²) in [7, 11) is 0. The quantitative estimate of drug-likeness (QED) is 0.567. The second-order valence-electron chi connectivity index (χ2n) is 3.96. The van der Waals surface area contributed by atoms with Gasteiger partial charge in [-0.1, -0.05) is 31.0 Å². The lowest BCUT2D eigenvalue weighted by Gasteiger charge is -2.12. The van der Waals surface area contributed by atoms with Gasteiger partial charge in [0.25, 0.3) is 0 Å². The second-order valence-corrected chi connectivity index (χ2v) is 5.42. The van der Waals surface area contributed by atoms with Crippen LogP contribution in [0.4, 0.5) is 0 Å². The standard InChI is InChI=1S/C13H20S2/c1-3-5-12(9-14)10-15-13-7-4-6-11(2)8-13/h4,6-8,12,14H,3,5,9-10H2,1-2H3. The van der Waals surface area contributed by atoms with Gasteiger partial charge in [-0.05, 0) is 37.1 Å². The molecule has 1 aromatic carbocycles. The molecule has 0 saturated heterocycles. The van der Waals surface area contributed by atoms with E-state index in [1.807, 2.05) is 11.8 Å². The predicted octanol–water partition coefficient (Wildman–Crippen LogP) is 4.43. The van der Waals surface area contributed by atoms with Crippen LogP contribution in [0.5, 0.6) is 0 Å². The van der Waals surface area contributed by atoms with Crippen LogP contribution in [0.1, 0.15) is 25.3 Å². The lowest BCUT2D eigenvalue weighted by molar-refractivity contribution is 0.595. The zero-order valence-electron chi connectivity index (χ0n) is 9.57. The van der Waals surface area contributed by atoms with Gasteiger partial charge in [-0.2, -0.15) is 12.6 Å². The number of aryl methyl sites for hydroxylation is 1. The minimum Gasteiger partial charge on any atom is -0.179 e. The SMILES string of the molecule is CCCC(CS)CSc1cccc(C)c1. The van der Waals surface area contributed by atoms with Crippen molar-refractivity contribution in [2.45, 2.75) is 31.6 Å². The maximum Gasteiger partial charge on any atom is 0.00746 e. The normalized spacial score (nSPS) is 12.7. The molecule has 0 radical (unpaired) electrons. The highest BCUT2D eigenvalue weighted by atomic mass is 32.2. The number of hydrogen-bond donors (Lipinski definition) is 1. The molecule has 0 N–H and O–H groups in total. The van der Waals surface area contributed by atoms with Crippen molar-refractivity contribution in [2.75, 3.05) is 11.5 Å². The highest BCUT2D eigenvalue weighted by molar-refractivity contribution is 7.99. The topological polar surface area (TPSA) is 0 Å². The van der Waals surface area contributed by atoms with Gasteiger partial charge in [-0.25, -0.2) is 0 Å². The van der Waals surface area contributed by atoms with Crippen LogP contribution < -0.4 is 0 Å². The van der Waals surface area contributed by atoms with E-state index in [2.05, 4.69) is 50.7 Å². The van der Waals surface area contributed by atoms with Gasteiger partial charge in [-0.3, -0.25) is 0 Å². The number of hydrogen-bond acceptors (Lipinski definition) is 2. The van der Waals surface area contributed by atoms with Crippen molar-refractivity contribution in [1.82, 2.24) is 0 Å². The Kier molecular flexibility index (Phi) is 6.26. The summed E-state index contributed by atoms with van der Waals surface area (Å²) in [6.45, 7) is 4.39. The molecule has 0 spiro atoms. The van der Waals surface area contributed by atoms with Crippen molar-refractivity contribution in [3.8, 4) is 0 Å². The maximum absolute atomic E-state index is 4.40. The minimum atomic E-state index is 0.754. The van der Waals surface area contributed by atoms with Gasteiger partial charge < -0.3 is 0 Å². The molecule has 0 aliphatic heterocycles. The summed E-state index contributed by atoms with van der Waals surface area (Å²) in [5, 5.41) is 0. The fourth-order valence-electron chi connectivity index (χ4n) is 1.55. The third-order valence-electron chi connectivity index (χ3n) is 2.43. The van der Waals surface area contributed by atoms with Crippen LogP contribution >= 0.6 is 24.4 Å². The molecule has 1 unspecified atom stereocenters. The largest absolute Gasteiger partial charge is 0.179 e. The molecule has 0 amide bonds. The molecule has 0 bridgehead atoms. The van der Waals surface area contributed by atoms with E-state index >= 15 is 0 Å². The lowest BCUT2D eigenvalue weighted by Crippen LogP contribution is -2.04. The van der Waals surface area contributed by atoms with Gasteiger partial charge in [-0.15, -0.1) is 11.8 Å². The zero-order valence-corrected chi connectivity index (χ0v) is 11.3. The summed E-state index contributed by atoms with van der Waals surface area (Å²) in [5.74, 6) is 2.96. The molecule has 2 heteroatoms. The van der Waals surface area contributed by atoms with E-state index < -0.39 is 0 Å². The smallest absolute Gasteiger partial charge is 0.00746 e. The maximum atomic E-state index is 4.40. The monoisotopic (exact) mass is 240 g/mol. The van der Waals surface area contributed by atoms with E-state index in [-0.39, 0.29) is 0 Å². The van der Waals surface area contributed by atoms with Gasteiger partial charge in [0.05, 0.1) is 0 Å². The van der Waals surface area contributed by atoms with Crippen molar-refractivity contribution in [1.29, 1.82) is 0 Å². The molecular weight excluding hydrogens is 220 g/mol. The Morgan fingerprint density at radius 1 is 1.40 bits per heavy atom. The average molecular weight is 240 g/mol. The summed E-state index contributed by atoms with van der Waals surface area (Å²) < 4.78 is 0. The molecule has 0 aliphatic carbocycles. The summed E-state index contributed by atoms with van der Waals surface area (Å²) in [6, 6.07) is 8.73. The molecule has 1 rings (SSSR count). The van der Waals surface area contributed by atoms with Crippen molar-refractivity contribution < 1.29 is 0 Å². The van der Waals surface area contributed by atoms with Crippen LogP contribution in [-0.2, 0) is 0 Å². The molecule has 0 aromatic heterocycles. The Balaban J connectivity index is 2.41. The number of thioether (sulfide) groups is 1. The molecule has 15 heavy (non-hydrogen) atoms. The van der Waals surface area contributed by atoms with Crippen molar-refractivity contribution >= 4 is 24.4 Å². The summed E-state index contributed by atoms with van der Waals surface area (Å²) in [4.78, 5) is 1.39. The molecular formula is C13H20S2. The Bertz CT molecular complexity index is 284. The lowest BCUT2D eigenvalue weighted by atomic mass is 10.1. The number of thiol groups is 1. The highest BCUT2D eigenvalue weighted by Crippen LogP contribution is 2.24. The molecule has 0 aliphatic rings. The van der Waals surface area contributed by atoms with Crippen molar-refractivity contribution in [3.63, 3.8) is 0 Å². The van der Waals surface area contributed by atoms with Crippen molar-refractivity contribution in [3.05, 3.63) is 29.8 Å². The molecule has 1 atom stereocenters. The zero-order chi connectivity index (χ0) is 11.1. The van der Waals surface area contributed by atoms with Gasteiger partial charge in [0.15, 0.2) is 0 Å². The first-order chi connectivity index (χ1) is 7.26. The predicted molar refractivity (Wildman–Crippen MR) is 74.2 cm³/mol. The van der Waals surface area contributed by atoms with Crippen LogP contribution in [0.25, 0.3) is 0 Å². The van der Waals surface area contributed by atoms with Gasteiger partial charge in [0, 0.05) is 10.6 Å². The molecule has 0 saturated carbocycles. The molecule has 0 heterocycles. The van der Waals surface area contributed by atoms with Crippen molar-refractivity contribution in [2.24, 2.45) is 5.92 Å². The molecule has 84 valence electrons. The Hall–Kier alpha value is -0.0800. The summed E-state index contributed by atoms with van der Waals surface area (Å²) >= 11 is 6.36. The average Bonchev–Trinajstić information content (AvgIpc) is 2.24. The molecule has 0 nitrogen and oxygen atoms in total. The molecule has 0 fully saturated rings. The Labute approximate surface area is 103 Å². The van der Waals surface area contributed by atoms with E-state index in [0.29, 0.717) is 0 Å². The molecule has 1 aromatic rings. The van der Waals surface area contributed by atoms with Gasteiger partial charge in [0.1, 0.15) is 0 Å². The third-order valence-corrected chi connectivity index (χ3v) is 4.17. The second kappa shape index (κ2) is 7.24. The Morgan fingerprint density at radius 2 is 2.20 bits per heavy atom. The first kappa shape index (κ1) is 13.0. The van der Waals surface area contributed by atoms with E-state index in [9.17, 15) is 0 Å². The number of rotatable bonds is 6. The van der Waals surface area contributed by atoms with E-state index in [1.54, 1.807) is 0 Å². The third kappa shape index (κ3) is 4.98. The summed E-state index contributed by atoms with van der Waals surface area (Å²) in [6.07, 6.45) is 2.56. The van der Waals surface area contributed by atoms with Crippen LogP contribution in [0.2, 0.25) is 0 Å². The fourth-order valence-corrected chi connectivity index (χ4v) is 3.20. The van der Waals surface area contributed by atoms with E-state index in [4.69, 9.17) is 0 Å². The van der Waals surface area contributed by atoms with Crippen LogP contribution in [0.3, 0.4) is 0 Å². The first-order valence-electron chi connectivity index (χ1n) is 5.56. The van der Waals surface area contributed by atoms with E-state index in [1.165, 1.54) is 29.1 Å². The van der Waals surface area contributed by atoms with Gasteiger partial charge >= 0.3 is 0 Å². The number of benzene rings is 1. The van der Waals surface area contributed by atoms with Crippen LogP contribution in [0.15, 0.2) is 29.2 Å². The van der Waals surface area contributed by atoms with Crippen LogP contribution in [0, 0.1) is 12.8 Å². The van der Waals surface area contributed by atoms with Crippen LogP contribution in [-0.4, -0.2) is 11.5 Å². The van der Waals surface area contributed by atoms with Gasteiger partial charge in [0.2, 0.25) is 0 Å². The fraction of sp³-hybridized carbons (Fsp3) is 0.538. The Morgan fingerprint density at radius 3 is 2.80 bits per heavy atom.